The van der Waals surface area contributed by atoms with Crippen molar-refractivity contribution in [3.8, 4) is 0 Å². The molecule has 0 aromatic carbocycles. The van der Waals surface area contributed by atoms with Crippen LogP contribution in [0.2, 0.25) is 0 Å². The highest BCUT2D eigenvalue weighted by molar-refractivity contribution is 6.58. The molecule has 1 atom stereocenters. The van der Waals surface area contributed by atoms with Crippen LogP contribution < -0.4 is 10.4 Å². The van der Waals surface area contributed by atoms with Gasteiger partial charge < -0.3 is 20.1 Å². The summed E-state index contributed by atoms with van der Waals surface area (Å²) in [6, 6.07) is 3.35. The smallest absolute Gasteiger partial charge is 0.423 e. The van der Waals surface area contributed by atoms with Crippen LogP contribution in [-0.4, -0.2) is 46.5 Å². The van der Waals surface area contributed by atoms with E-state index in [2.05, 4.69) is 4.98 Å². The molecule has 6 heteroatoms. The summed E-state index contributed by atoms with van der Waals surface area (Å²) in [5.41, 5.74) is 0.374. The van der Waals surface area contributed by atoms with Gasteiger partial charge >= 0.3 is 7.12 Å². The van der Waals surface area contributed by atoms with Crippen LogP contribution >= 0.6 is 0 Å². The zero-order valence-electron chi connectivity index (χ0n) is 8.24. The first-order valence-electron chi connectivity index (χ1n) is 4.92. The molecule has 0 radical (unpaired) electrons. The van der Waals surface area contributed by atoms with Gasteiger partial charge in [0.2, 0.25) is 0 Å². The molecule has 0 bridgehead atoms. The molecule has 5 nitrogen and oxygen atoms in total. The summed E-state index contributed by atoms with van der Waals surface area (Å²) < 4.78 is 0. The number of anilines is 1. The van der Waals surface area contributed by atoms with E-state index in [4.69, 9.17) is 10.0 Å². The molecule has 15 heavy (non-hydrogen) atoms. The Morgan fingerprint density at radius 3 is 2.67 bits per heavy atom. The van der Waals surface area contributed by atoms with Crippen LogP contribution in [0, 0.1) is 0 Å². The normalized spacial score (nSPS) is 20.7. The van der Waals surface area contributed by atoms with Gasteiger partial charge in [0.1, 0.15) is 5.82 Å². The van der Waals surface area contributed by atoms with Gasteiger partial charge in [0.25, 0.3) is 0 Å². The zero-order chi connectivity index (χ0) is 10.8. The molecule has 1 aliphatic rings. The first-order valence-corrected chi connectivity index (χ1v) is 4.92. The van der Waals surface area contributed by atoms with Crippen molar-refractivity contribution in [1.29, 1.82) is 0 Å². The number of nitrogens with zero attached hydrogens (tertiary/aromatic N) is 2. The van der Waals surface area contributed by atoms with E-state index in [0.717, 1.165) is 18.8 Å². The minimum Gasteiger partial charge on any atom is -0.423 e. The molecule has 0 aliphatic carbocycles. The third-order valence-electron chi connectivity index (χ3n) is 2.56. The Hall–Kier alpha value is -1.11. The van der Waals surface area contributed by atoms with Crippen molar-refractivity contribution in [2.45, 2.75) is 12.5 Å². The third-order valence-corrected chi connectivity index (χ3v) is 2.56. The van der Waals surface area contributed by atoms with Crippen molar-refractivity contribution in [3.63, 3.8) is 0 Å². The van der Waals surface area contributed by atoms with Gasteiger partial charge in [-0.2, -0.15) is 0 Å². The van der Waals surface area contributed by atoms with E-state index in [1.807, 2.05) is 4.90 Å². The van der Waals surface area contributed by atoms with E-state index in [1.54, 1.807) is 12.1 Å². The molecular weight excluding hydrogens is 195 g/mol. The summed E-state index contributed by atoms with van der Waals surface area (Å²) in [5, 5.41) is 27.1. The van der Waals surface area contributed by atoms with E-state index in [1.165, 1.54) is 6.20 Å². The Morgan fingerprint density at radius 1 is 1.40 bits per heavy atom. The van der Waals surface area contributed by atoms with Crippen LogP contribution in [0.15, 0.2) is 18.3 Å². The van der Waals surface area contributed by atoms with Gasteiger partial charge in [0.15, 0.2) is 0 Å². The molecule has 1 fully saturated rings. The lowest BCUT2D eigenvalue weighted by molar-refractivity contribution is 0.198. The number of rotatable bonds is 2. The summed E-state index contributed by atoms with van der Waals surface area (Å²) in [5.74, 6) is 0.760. The maximum atomic E-state index is 9.35. The summed E-state index contributed by atoms with van der Waals surface area (Å²) in [4.78, 5) is 6.08. The average molecular weight is 208 g/mol. The second-order valence-electron chi connectivity index (χ2n) is 3.71. The SMILES string of the molecule is OB(O)c1ccc(N2CC[C@@H](O)C2)nc1. The highest BCUT2D eigenvalue weighted by atomic mass is 16.4. The molecule has 0 saturated carbocycles. The van der Waals surface area contributed by atoms with Crippen molar-refractivity contribution in [3.05, 3.63) is 18.3 Å². The monoisotopic (exact) mass is 208 g/mol. The molecule has 0 unspecified atom stereocenters. The third kappa shape index (κ3) is 2.28. The van der Waals surface area contributed by atoms with Gasteiger partial charge in [-0.1, -0.05) is 6.07 Å². The number of hydrogen-bond acceptors (Lipinski definition) is 5. The van der Waals surface area contributed by atoms with Crippen molar-refractivity contribution in [2.24, 2.45) is 0 Å². The molecule has 1 aliphatic heterocycles. The number of hydrogen-bond donors (Lipinski definition) is 3. The summed E-state index contributed by atoms with van der Waals surface area (Å²) >= 11 is 0. The lowest BCUT2D eigenvalue weighted by Gasteiger charge is -2.16. The molecule has 2 rings (SSSR count). The Balaban J connectivity index is 2.10. The Morgan fingerprint density at radius 2 is 2.20 bits per heavy atom. The lowest BCUT2D eigenvalue weighted by atomic mass is 9.82. The number of aliphatic hydroxyl groups excluding tert-OH is 1. The second kappa shape index (κ2) is 4.18. The highest BCUT2D eigenvalue weighted by Gasteiger charge is 2.21. The average Bonchev–Trinajstić information content (AvgIpc) is 2.65. The summed E-state index contributed by atoms with van der Waals surface area (Å²) in [6.07, 6.45) is 1.91. The quantitative estimate of drug-likeness (QED) is 0.506. The van der Waals surface area contributed by atoms with Crippen LogP contribution in [-0.2, 0) is 0 Å². The minimum absolute atomic E-state index is 0.282. The number of pyridine rings is 1. The van der Waals surface area contributed by atoms with E-state index >= 15 is 0 Å². The minimum atomic E-state index is -1.48. The standard InChI is InChI=1S/C9H13BN2O3/c13-8-3-4-12(6-8)9-2-1-7(5-11-9)10(14)15/h1-2,5,8,13-15H,3-4,6H2/t8-/m1/s1. The van der Waals surface area contributed by atoms with Crippen molar-refractivity contribution in [1.82, 2.24) is 4.98 Å². The Labute approximate surface area is 88.1 Å². The van der Waals surface area contributed by atoms with Crippen molar-refractivity contribution >= 4 is 18.4 Å². The van der Waals surface area contributed by atoms with Gasteiger partial charge in [0.05, 0.1) is 6.10 Å². The van der Waals surface area contributed by atoms with E-state index in [-0.39, 0.29) is 6.10 Å². The fourth-order valence-electron chi connectivity index (χ4n) is 1.69. The van der Waals surface area contributed by atoms with E-state index in [0.29, 0.717) is 12.0 Å². The van der Waals surface area contributed by atoms with Crippen LogP contribution in [0.4, 0.5) is 5.82 Å². The summed E-state index contributed by atoms with van der Waals surface area (Å²) in [7, 11) is -1.48. The highest BCUT2D eigenvalue weighted by Crippen LogP contribution is 2.16. The van der Waals surface area contributed by atoms with Gasteiger partial charge in [-0.25, -0.2) is 4.98 Å². The number of aliphatic hydroxyl groups is 1. The van der Waals surface area contributed by atoms with Gasteiger partial charge in [-0.3, -0.25) is 0 Å². The molecule has 1 saturated heterocycles. The van der Waals surface area contributed by atoms with Gasteiger partial charge in [0, 0.05) is 24.7 Å². The molecule has 1 aromatic heterocycles. The van der Waals surface area contributed by atoms with Crippen molar-refractivity contribution < 1.29 is 15.2 Å². The summed E-state index contributed by atoms with van der Waals surface area (Å²) in [6.45, 7) is 1.38. The lowest BCUT2D eigenvalue weighted by Crippen LogP contribution is -2.31. The largest absolute Gasteiger partial charge is 0.490 e. The van der Waals surface area contributed by atoms with E-state index in [9.17, 15) is 5.11 Å². The molecule has 3 N–H and O–H groups in total. The molecule has 2 heterocycles. The van der Waals surface area contributed by atoms with Gasteiger partial charge in [-0.15, -0.1) is 0 Å². The Bertz CT molecular complexity index is 331. The predicted molar refractivity (Wildman–Crippen MR) is 56.9 cm³/mol. The zero-order valence-corrected chi connectivity index (χ0v) is 8.24. The molecular formula is C9H13BN2O3. The predicted octanol–water partition coefficient (Wildman–Crippen LogP) is -1.67. The maximum absolute atomic E-state index is 9.35. The fraction of sp³-hybridized carbons (Fsp3) is 0.444. The van der Waals surface area contributed by atoms with Crippen LogP contribution in [0.1, 0.15) is 6.42 Å². The van der Waals surface area contributed by atoms with Crippen LogP contribution in [0.25, 0.3) is 0 Å². The molecule has 1 aromatic rings. The Kier molecular flexibility index (Phi) is 2.90. The fourth-order valence-corrected chi connectivity index (χ4v) is 1.69. The second-order valence-corrected chi connectivity index (χ2v) is 3.71. The first-order chi connectivity index (χ1) is 7.16. The van der Waals surface area contributed by atoms with Crippen molar-refractivity contribution in [2.75, 3.05) is 18.0 Å². The van der Waals surface area contributed by atoms with Crippen LogP contribution in [0.3, 0.4) is 0 Å². The molecule has 0 amide bonds. The van der Waals surface area contributed by atoms with Gasteiger partial charge in [-0.05, 0) is 12.5 Å². The maximum Gasteiger partial charge on any atom is 0.490 e. The topological polar surface area (TPSA) is 76.8 Å². The number of aromatic nitrogens is 1. The van der Waals surface area contributed by atoms with E-state index < -0.39 is 7.12 Å². The number of β-amino-alcohol motifs (C(OH)–C–C–N with tert-alkyl or cyclic N) is 1. The molecule has 80 valence electrons. The van der Waals surface area contributed by atoms with Crippen LogP contribution in [0.5, 0.6) is 0 Å². The molecule has 0 spiro atoms. The first kappa shape index (κ1) is 10.4.